The summed E-state index contributed by atoms with van der Waals surface area (Å²) in [6, 6.07) is 4.72. The number of anilines is 2. The molecule has 4 nitrogen and oxygen atoms in total. The Morgan fingerprint density at radius 2 is 2.00 bits per heavy atom. The highest BCUT2D eigenvalue weighted by Crippen LogP contribution is 2.29. The molecule has 0 aliphatic rings. The van der Waals surface area contributed by atoms with E-state index in [1.165, 1.54) is 12.1 Å². The minimum absolute atomic E-state index is 0.0166. The third kappa shape index (κ3) is 3.34. The first kappa shape index (κ1) is 14.0. The molecule has 1 aromatic heterocycles. The Bertz CT molecular complexity index is 613. The second-order valence-corrected chi connectivity index (χ2v) is 3.98. The van der Waals surface area contributed by atoms with Crippen LogP contribution in [0.2, 0.25) is 0 Å². The summed E-state index contributed by atoms with van der Waals surface area (Å²) in [5.74, 6) is -1.01. The van der Waals surface area contributed by atoms with Crippen LogP contribution < -0.4 is 11.1 Å². The van der Waals surface area contributed by atoms with E-state index >= 15 is 0 Å². The monoisotopic (exact) mass is 286 g/mol. The molecule has 0 amide bonds. The summed E-state index contributed by atoms with van der Waals surface area (Å²) in [7, 11) is 0. The number of halogens is 4. The van der Waals surface area contributed by atoms with Gasteiger partial charge in [0, 0.05) is 6.54 Å². The van der Waals surface area contributed by atoms with Crippen molar-refractivity contribution in [3.63, 3.8) is 0 Å². The van der Waals surface area contributed by atoms with Gasteiger partial charge in [0.15, 0.2) is 11.6 Å². The standard InChI is InChI=1S/C12H10F4N4/c13-9-6-19-11(17)20-10(9)18-5-7-2-1-3-8(4-7)12(14,15)16/h1-4,6H,5H2,(H3,17,18,19,20). The SMILES string of the molecule is Nc1ncc(F)c(NCc2cccc(C(F)(F)F)c2)n1. The molecule has 2 rings (SSSR count). The van der Waals surface area contributed by atoms with Crippen LogP contribution in [0.25, 0.3) is 0 Å². The van der Waals surface area contributed by atoms with Crippen LogP contribution in [-0.4, -0.2) is 9.97 Å². The van der Waals surface area contributed by atoms with Crippen molar-refractivity contribution in [3.05, 3.63) is 47.4 Å². The van der Waals surface area contributed by atoms with Gasteiger partial charge in [0.1, 0.15) is 0 Å². The fourth-order valence-corrected chi connectivity index (χ4v) is 1.55. The van der Waals surface area contributed by atoms with Gasteiger partial charge in [0.2, 0.25) is 5.95 Å². The zero-order valence-corrected chi connectivity index (χ0v) is 10.1. The third-order valence-electron chi connectivity index (χ3n) is 2.48. The van der Waals surface area contributed by atoms with Crippen LogP contribution in [-0.2, 0) is 12.7 Å². The van der Waals surface area contributed by atoms with Gasteiger partial charge in [-0.25, -0.2) is 9.37 Å². The molecule has 0 spiro atoms. The van der Waals surface area contributed by atoms with Gasteiger partial charge in [0.05, 0.1) is 11.8 Å². The van der Waals surface area contributed by atoms with Crippen molar-refractivity contribution >= 4 is 11.8 Å². The molecule has 0 radical (unpaired) electrons. The number of nitrogens with zero attached hydrogens (tertiary/aromatic N) is 2. The summed E-state index contributed by atoms with van der Waals surface area (Å²) in [5, 5.41) is 2.58. The summed E-state index contributed by atoms with van der Waals surface area (Å²) >= 11 is 0. The number of hydrogen-bond donors (Lipinski definition) is 2. The van der Waals surface area contributed by atoms with E-state index in [9.17, 15) is 17.6 Å². The molecule has 1 heterocycles. The predicted octanol–water partition coefficient (Wildman–Crippen LogP) is 2.83. The molecule has 1 aromatic carbocycles. The fourth-order valence-electron chi connectivity index (χ4n) is 1.55. The van der Waals surface area contributed by atoms with Crippen molar-refractivity contribution < 1.29 is 17.6 Å². The molecule has 0 fully saturated rings. The van der Waals surface area contributed by atoms with Gasteiger partial charge in [-0.3, -0.25) is 0 Å². The summed E-state index contributed by atoms with van der Waals surface area (Å²) in [6.07, 6.45) is -3.53. The van der Waals surface area contributed by atoms with Crippen LogP contribution in [0.1, 0.15) is 11.1 Å². The van der Waals surface area contributed by atoms with Crippen LogP contribution in [0.5, 0.6) is 0 Å². The first-order valence-corrected chi connectivity index (χ1v) is 5.54. The van der Waals surface area contributed by atoms with Crippen LogP contribution >= 0.6 is 0 Å². The topological polar surface area (TPSA) is 63.8 Å². The summed E-state index contributed by atoms with van der Waals surface area (Å²) in [4.78, 5) is 7.06. The lowest BCUT2D eigenvalue weighted by molar-refractivity contribution is -0.137. The van der Waals surface area contributed by atoms with Crippen LogP contribution in [0.3, 0.4) is 0 Å². The minimum Gasteiger partial charge on any atom is -0.368 e. The van der Waals surface area contributed by atoms with E-state index in [-0.39, 0.29) is 18.3 Å². The van der Waals surface area contributed by atoms with E-state index in [0.29, 0.717) is 5.56 Å². The van der Waals surface area contributed by atoms with E-state index < -0.39 is 17.6 Å². The quantitative estimate of drug-likeness (QED) is 0.852. The van der Waals surface area contributed by atoms with Crippen molar-refractivity contribution in [2.45, 2.75) is 12.7 Å². The average Bonchev–Trinajstić information content (AvgIpc) is 2.39. The fraction of sp³-hybridized carbons (Fsp3) is 0.167. The molecule has 0 saturated heterocycles. The Labute approximate surface area is 111 Å². The van der Waals surface area contributed by atoms with Crippen LogP contribution in [0, 0.1) is 5.82 Å². The minimum atomic E-state index is -4.42. The Morgan fingerprint density at radius 3 is 2.70 bits per heavy atom. The largest absolute Gasteiger partial charge is 0.416 e. The maximum Gasteiger partial charge on any atom is 0.416 e. The van der Waals surface area contributed by atoms with Gasteiger partial charge in [-0.05, 0) is 17.7 Å². The second kappa shape index (κ2) is 5.32. The van der Waals surface area contributed by atoms with Gasteiger partial charge < -0.3 is 11.1 Å². The first-order valence-electron chi connectivity index (χ1n) is 5.54. The van der Waals surface area contributed by atoms with Gasteiger partial charge >= 0.3 is 6.18 Å². The lowest BCUT2D eigenvalue weighted by Gasteiger charge is -2.10. The highest BCUT2D eigenvalue weighted by Gasteiger charge is 2.30. The molecule has 0 unspecified atom stereocenters. The van der Waals surface area contributed by atoms with Gasteiger partial charge in [-0.2, -0.15) is 18.2 Å². The van der Waals surface area contributed by atoms with E-state index in [0.717, 1.165) is 18.3 Å². The van der Waals surface area contributed by atoms with Crippen molar-refractivity contribution in [2.24, 2.45) is 0 Å². The Hall–Kier alpha value is -2.38. The molecule has 0 aliphatic carbocycles. The van der Waals surface area contributed by atoms with Crippen molar-refractivity contribution in [3.8, 4) is 0 Å². The lowest BCUT2D eigenvalue weighted by Crippen LogP contribution is -2.09. The highest BCUT2D eigenvalue weighted by atomic mass is 19.4. The third-order valence-corrected chi connectivity index (χ3v) is 2.48. The number of aromatic nitrogens is 2. The van der Waals surface area contributed by atoms with Crippen molar-refractivity contribution in [1.82, 2.24) is 9.97 Å². The molecule has 0 aliphatic heterocycles. The number of nitrogens with one attached hydrogen (secondary N) is 1. The van der Waals surface area contributed by atoms with E-state index in [1.807, 2.05) is 0 Å². The lowest BCUT2D eigenvalue weighted by atomic mass is 10.1. The summed E-state index contributed by atoms with van der Waals surface area (Å²) in [5.41, 5.74) is 4.88. The van der Waals surface area contributed by atoms with E-state index in [2.05, 4.69) is 15.3 Å². The molecule has 2 aromatic rings. The van der Waals surface area contributed by atoms with Crippen LogP contribution in [0.15, 0.2) is 30.5 Å². The van der Waals surface area contributed by atoms with Crippen molar-refractivity contribution in [1.29, 1.82) is 0 Å². The smallest absolute Gasteiger partial charge is 0.368 e. The molecule has 3 N–H and O–H groups in total. The maximum absolute atomic E-state index is 13.3. The number of hydrogen-bond acceptors (Lipinski definition) is 4. The molecular formula is C12H10F4N4. The van der Waals surface area contributed by atoms with Gasteiger partial charge in [-0.15, -0.1) is 0 Å². The Morgan fingerprint density at radius 1 is 1.25 bits per heavy atom. The number of nitrogens with two attached hydrogens (primary N) is 1. The molecule has 20 heavy (non-hydrogen) atoms. The number of rotatable bonds is 3. The number of nitrogen functional groups attached to an aromatic ring is 1. The maximum atomic E-state index is 13.3. The first-order chi connectivity index (χ1) is 9.36. The summed E-state index contributed by atoms with van der Waals surface area (Å²) in [6.45, 7) is -0.0166. The van der Waals surface area contributed by atoms with Crippen LogP contribution in [0.4, 0.5) is 29.3 Å². The average molecular weight is 286 g/mol. The zero-order chi connectivity index (χ0) is 14.8. The molecule has 0 bridgehead atoms. The van der Waals surface area contributed by atoms with Gasteiger partial charge in [0.25, 0.3) is 0 Å². The van der Waals surface area contributed by atoms with Gasteiger partial charge in [-0.1, -0.05) is 12.1 Å². The number of benzene rings is 1. The predicted molar refractivity (Wildman–Crippen MR) is 65.2 cm³/mol. The van der Waals surface area contributed by atoms with Crippen molar-refractivity contribution in [2.75, 3.05) is 11.1 Å². The van der Waals surface area contributed by atoms with E-state index in [4.69, 9.17) is 5.73 Å². The summed E-state index contributed by atoms with van der Waals surface area (Å²) < 4.78 is 50.9. The van der Waals surface area contributed by atoms with E-state index in [1.54, 1.807) is 0 Å². The normalized spacial score (nSPS) is 11.4. The Balaban J connectivity index is 2.13. The molecule has 8 heteroatoms. The zero-order valence-electron chi connectivity index (χ0n) is 10.1. The molecular weight excluding hydrogens is 276 g/mol. The molecule has 0 atom stereocenters. The second-order valence-electron chi connectivity index (χ2n) is 3.98. The molecule has 106 valence electrons. The highest BCUT2D eigenvalue weighted by molar-refractivity contribution is 5.40. The Kier molecular flexibility index (Phi) is 3.73. The number of alkyl halides is 3. The molecule has 0 saturated carbocycles.